The molecule has 5 rings (SSSR count). The van der Waals surface area contributed by atoms with Crippen molar-refractivity contribution in [2.24, 2.45) is 0 Å². The van der Waals surface area contributed by atoms with Gasteiger partial charge in [-0.15, -0.1) is 0 Å². The summed E-state index contributed by atoms with van der Waals surface area (Å²) in [6.45, 7) is 3.73. The summed E-state index contributed by atoms with van der Waals surface area (Å²) in [7, 11) is 0. The number of hydrogen-bond acceptors (Lipinski definition) is 4. The van der Waals surface area contributed by atoms with E-state index in [1.165, 1.54) is 0 Å². The summed E-state index contributed by atoms with van der Waals surface area (Å²) < 4.78 is 6.56. The Balaban J connectivity index is 1.26. The lowest BCUT2D eigenvalue weighted by Gasteiger charge is -2.50. The zero-order valence-electron chi connectivity index (χ0n) is 16.2. The molecular formula is C23H27N3O2. The van der Waals surface area contributed by atoms with Gasteiger partial charge in [-0.3, -0.25) is 9.78 Å². The molecule has 0 atom stereocenters. The van der Waals surface area contributed by atoms with Crippen LogP contribution >= 0.6 is 0 Å². The topological polar surface area (TPSA) is 45.7 Å². The standard InChI is InChI=1S/C23H27N3O2/c27-21-23(10-11-23)28-22(18-26(21)20-7-2-1-3-8-20)12-16-25(17-13-22)15-9-19-6-4-5-14-24-19/h1-8,14H,9-13,15-18H2. The number of hydrogen-bond donors (Lipinski definition) is 0. The van der Waals surface area contributed by atoms with E-state index in [-0.39, 0.29) is 11.5 Å². The highest BCUT2D eigenvalue weighted by Gasteiger charge is 2.62. The van der Waals surface area contributed by atoms with Crippen molar-refractivity contribution in [3.8, 4) is 0 Å². The maximum atomic E-state index is 13.0. The number of nitrogens with zero attached hydrogens (tertiary/aromatic N) is 3. The number of para-hydroxylation sites is 1. The number of morpholine rings is 1. The fraction of sp³-hybridized carbons (Fsp3) is 0.478. The highest BCUT2D eigenvalue weighted by molar-refractivity contribution is 6.02. The van der Waals surface area contributed by atoms with Gasteiger partial charge in [0.25, 0.3) is 5.91 Å². The lowest BCUT2D eigenvalue weighted by atomic mass is 9.87. The van der Waals surface area contributed by atoms with Gasteiger partial charge in [0.05, 0.1) is 12.1 Å². The van der Waals surface area contributed by atoms with Gasteiger partial charge in [-0.1, -0.05) is 24.3 Å². The summed E-state index contributed by atoms with van der Waals surface area (Å²) in [6.07, 6.45) is 6.52. The Morgan fingerprint density at radius 3 is 2.39 bits per heavy atom. The van der Waals surface area contributed by atoms with Crippen LogP contribution in [0.1, 0.15) is 31.4 Å². The van der Waals surface area contributed by atoms with Crippen molar-refractivity contribution in [1.82, 2.24) is 9.88 Å². The van der Waals surface area contributed by atoms with Crippen molar-refractivity contribution in [3.05, 3.63) is 60.4 Å². The van der Waals surface area contributed by atoms with Gasteiger partial charge < -0.3 is 14.5 Å². The van der Waals surface area contributed by atoms with Gasteiger partial charge in [0.2, 0.25) is 0 Å². The number of ether oxygens (including phenoxy) is 1. The number of amides is 1. The molecule has 1 amide bonds. The lowest BCUT2D eigenvalue weighted by molar-refractivity contribution is -0.172. The molecule has 0 N–H and O–H groups in total. The molecule has 1 aromatic carbocycles. The Bertz CT molecular complexity index is 827. The molecule has 0 unspecified atom stereocenters. The third-order valence-electron chi connectivity index (χ3n) is 6.44. The van der Waals surface area contributed by atoms with Crippen LogP contribution in [0.5, 0.6) is 0 Å². The predicted octanol–water partition coefficient (Wildman–Crippen LogP) is 3.05. The minimum atomic E-state index is -0.551. The van der Waals surface area contributed by atoms with Crippen LogP contribution in [0.25, 0.3) is 0 Å². The number of aromatic nitrogens is 1. The van der Waals surface area contributed by atoms with Crippen LogP contribution in [0.2, 0.25) is 0 Å². The fourth-order valence-corrected chi connectivity index (χ4v) is 4.61. The number of piperidine rings is 1. The Morgan fingerprint density at radius 1 is 0.964 bits per heavy atom. The highest BCUT2D eigenvalue weighted by Crippen LogP contribution is 2.50. The number of likely N-dealkylation sites (tertiary alicyclic amines) is 1. The molecule has 146 valence electrons. The average molecular weight is 377 g/mol. The number of benzene rings is 1. The Labute approximate surface area is 166 Å². The molecule has 3 heterocycles. The molecule has 28 heavy (non-hydrogen) atoms. The first-order chi connectivity index (χ1) is 13.7. The van der Waals surface area contributed by atoms with E-state index in [2.05, 4.69) is 16.0 Å². The van der Waals surface area contributed by atoms with Crippen molar-refractivity contribution in [2.45, 2.75) is 43.3 Å². The van der Waals surface area contributed by atoms with Crippen LogP contribution in [0.4, 0.5) is 5.69 Å². The van der Waals surface area contributed by atoms with Gasteiger partial charge in [-0.25, -0.2) is 0 Å². The molecule has 0 radical (unpaired) electrons. The zero-order chi connectivity index (χ0) is 19.0. The van der Waals surface area contributed by atoms with Gasteiger partial charge in [0, 0.05) is 43.6 Å². The lowest BCUT2D eigenvalue weighted by Crippen LogP contribution is -2.63. The molecule has 1 saturated carbocycles. The molecule has 2 aliphatic heterocycles. The molecular weight excluding hydrogens is 350 g/mol. The van der Waals surface area contributed by atoms with E-state index in [1.807, 2.05) is 53.6 Å². The van der Waals surface area contributed by atoms with Crippen molar-refractivity contribution < 1.29 is 9.53 Å². The van der Waals surface area contributed by atoms with Crippen molar-refractivity contribution in [1.29, 1.82) is 0 Å². The Kier molecular flexibility index (Phi) is 4.44. The van der Waals surface area contributed by atoms with E-state index in [1.54, 1.807) is 0 Å². The number of carbonyl (C=O) groups excluding carboxylic acids is 1. The summed E-state index contributed by atoms with van der Waals surface area (Å²) in [4.78, 5) is 22.0. The van der Waals surface area contributed by atoms with Gasteiger partial charge in [0.1, 0.15) is 5.60 Å². The SMILES string of the molecule is O=C1N(c2ccccc2)CC2(CCN(CCc3ccccn3)CC2)OC12CC2. The predicted molar refractivity (Wildman–Crippen MR) is 108 cm³/mol. The second-order valence-corrected chi connectivity index (χ2v) is 8.42. The summed E-state index contributed by atoms with van der Waals surface area (Å²) in [5.41, 5.74) is 1.39. The van der Waals surface area contributed by atoms with Crippen LogP contribution in [0.15, 0.2) is 54.7 Å². The molecule has 0 bridgehead atoms. The highest BCUT2D eigenvalue weighted by atomic mass is 16.5. The molecule has 1 aromatic heterocycles. The first kappa shape index (κ1) is 17.8. The zero-order valence-corrected chi connectivity index (χ0v) is 16.2. The Hall–Kier alpha value is -2.24. The van der Waals surface area contributed by atoms with Crippen LogP contribution in [-0.2, 0) is 16.0 Å². The minimum Gasteiger partial charge on any atom is -0.357 e. The van der Waals surface area contributed by atoms with Crippen molar-refractivity contribution >= 4 is 11.6 Å². The fourth-order valence-electron chi connectivity index (χ4n) is 4.61. The van der Waals surface area contributed by atoms with E-state index < -0.39 is 5.60 Å². The second-order valence-electron chi connectivity index (χ2n) is 8.42. The summed E-state index contributed by atoms with van der Waals surface area (Å²) in [5.74, 6) is 0.155. The number of carbonyl (C=O) groups is 1. The van der Waals surface area contributed by atoms with E-state index in [4.69, 9.17) is 4.74 Å². The van der Waals surface area contributed by atoms with E-state index in [0.29, 0.717) is 6.54 Å². The van der Waals surface area contributed by atoms with Gasteiger partial charge in [0.15, 0.2) is 0 Å². The molecule has 3 aliphatic rings. The van der Waals surface area contributed by atoms with Gasteiger partial charge in [-0.05, 0) is 49.9 Å². The molecule has 3 fully saturated rings. The van der Waals surface area contributed by atoms with Crippen LogP contribution < -0.4 is 4.90 Å². The van der Waals surface area contributed by atoms with Crippen molar-refractivity contribution in [2.75, 3.05) is 31.1 Å². The molecule has 1 aliphatic carbocycles. The van der Waals surface area contributed by atoms with Crippen LogP contribution in [0, 0.1) is 0 Å². The number of anilines is 1. The third kappa shape index (κ3) is 3.33. The van der Waals surface area contributed by atoms with E-state index >= 15 is 0 Å². The normalized spacial score (nSPS) is 23.3. The Morgan fingerprint density at radius 2 is 1.71 bits per heavy atom. The summed E-state index contributed by atoms with van der Waals surface area (Å²) in [5, 5.41) is 0. The van der Waals surface area contributed by atoms with Gasteiger partial charge >= 0.3 is 0 Å². The molecule has 5 nitrogen and oxygen atoms in total. The number of pyridine rings is 1. The third-order valence-corrected chi connectivity index (χ3v) is 6.44. The van der Waals surface area contributed by atoms with Crippen LogP contribution in [-0.4, -0.2) is 53.2 Å². The summed E-state index contributed by atoms with van der Waals surface area (Å²) >= 11 is 0. The van der Waals surface area contributed by atoms with Crippen molar-refractivity contribution in [3.63, 3.8) is 0 Å². The van der Waals surface area contributed by atoms with E-state index in [0.717, 1.165) is 63.1 Å². The maximum absolute atomic E-state index is 13.0. The quantitative estimate of drug-likeness (QED) is 0.822. The first-order valence-corrected chi connectivity index (χ1v) is 10.4. The molecule has 5 heteroatoms. The second kappa shape index (κ2) is 6.98. The smallest absolute Gasteiger partial charge is 0.259 e. The van der Waals surface area contributed by atoms with E-state index in [9.17, 15) is 4.79 Å². The molecule has 2 aromatic rings. The number of rotatable bonds is 4. The monoisotopic (exact) mass is 377 g/mol. The maximum Gasteiger partial charge on any atom is 0.259 e. The average Bonchev–Trinajstić information content (AvgIpc) is 3.52. The van der Waals surface area contributed by atoms with Crippen LogP contribution in [0.3, 0.4) is 0 Å². The first-order valence-electron chi connectivity index (χ1n) is 10.4. The largest absolute Gasteiger partial charge is 0.357 e. The van der Waals surface area contributed by atoms with Gasteiger partial charge in [-0.2, -0.15) is 0 Å². The summed E-state index contributed by atoms with van der Waals surface area (Å²) in [6, 6.07) is 16.2. The molecule has 2 spiro atoms. The minimum absolute atomic E-state index is 0.155. The molecule has 2 saturated heterocycles.